The van der Waals surface area contributed by atoms with Crippen LogP contribution in [0.2, 0.25) is 0 Å². The third kappa shape index (κ3) is 6.98. The van der Waals surface area contributed by atoms with E-state index in [1.807, 2.05) is 37.3 Å². The van der Waals surface area contributed by atoms with Gasteiger partial charge in [0.05, 0.1) is 12.8 Å². The molecule has 0 spiro atoms. The van der Waals surface area contributed by atoms with Crippen LogP contribution in [0.3, 0.4) is 0 Å². The summed E-state index contributed by atoms with van der Waals surface area (Å²) in [6.07, 6.45) is 3.01. The van der Waals surface area contributed by atoms with Gasteiger partial charge in [-0.2, -0.15) is 0 Å². The van der Waals surface area contributed by atoms with Crippen LogP contribution in [0.4, 0.5) is 4.79 Å². The minimum Gasteiger partial charge on any atom is -0.497 e. The Balaban J connectivity index is 2.12. The number of hydrogen-bond donors (Lipinski definition) is 1. The van der Waals surface area contributed by atoms with Crippen molar-refractivity contribution in [1.82, 2.24) is 5.32 Å². The molecule has 5 nitrogen and oxygen atoms in total. The molecule has 5 heteroatoms. The number of rotatable bonds is 9. The highest BCUT2D eigenvalue weighted by Gasteiger charge is 2.11. The lowest BCUT2D eigenvalue weighted by Gasteiger charge is -2.12. The summed E-state index contributed by atoms with van der Waals surface area (Å²) in [6.45, 7) is 2.18. The Bertz CT molecular complexity index is 784. The molecule has 0 atom stereocenters. The zero-order valence-corrected chi connectivity index (χ0v) is 15.7. The third-order valence-corrected chi connectivity index (χ3v) is 3.91. The summed E-state index contributed by atoms with van der Waals surface area (Å²) < 4.78 is 10.5. The van der Waals surface area contributed by atoms with E-state index in [1.165, 1.54) is 6.08 Å². The predicted molar refractivity (Wildman–Crippen MR) is 105 cm³/mol. The molecule has 0 bridgehead atoms. The number of carbonyl (C=O) groups is 2. The molecule has 0 saturated heterocycles. The Morgan fingerprint density at radius 2 is 1.85 bits per heavy atom. The van der Waals surface area contributed by atoms with Crippen molar-refractivity contribution >= 4 is 17.6 Å². The van der Waals surface area contributed by atoms with Crippen LogP contribution in [0.25, 0.3) is 5.70 Å². The van der Waals surface area contributed by atoms with Crippen LogP contribution in [-0.4, -0.2) is 19.0 Å². The molecule has 1 N–H and O–H groups in total. The van der Waals surface area contributed by atoms with Crippen molar-refractivity contribution in [3.63, 3.8) is 0 Å². The molecule has 1 amide bonds. The van der Waals surface area contributed by atoms with Crippen molar-refractivity contribution in [2.24, 2.45) is 0 Å². The average molecular weight is 367 g/mol. The second-order valence-corrected chi connectivity index (χ2v) is 6.05. The average Bonchev–Trinajstić information content (AvgIpc) is 2.71. The SMILES string of the molecule is CCCCC(=O)/C=C(\NC(=O)OCc1ccccc1)c1cccc(OC)c1. The second kappa shape index (κ2) is 10.8. The van der Waals surface area contributed by atoms with E-state index < -0.39 is 6.09 Å². The lowest BCUT2D eigenvalue weighted by atomic mass is 10.1. The van der Waals surface area contributed by atoms with E-state index in [-0.39, 0.29) is 12.4 Å². The first-order valence-corrected chi connectivity index (χ1v) is 8.99. The van der Waals surface area contributed by atoms with E-state index in [4.69, 9.17) is 9.47 Å². The number of nitrogens with one attached hydrogen (secondary N) is 1. The lowest BCUT2D eigenvalue weighted by molar-refractivity contribution is -0.114. The summed E-state index contributed by atoms with van der Waals surface area (Å²) in [6, 6.07) is 16.6. The number of alkyl carbamates (subject to hydrolysis) is 1. The van der Waals surface area contributed by atoms with Gasteiger partial charge in [0.2, 0.25) is 0 Å². The molecule has 0 aliphatic carbocycles. The molecule has 0 radical (unpaired) electrons. The van der Waals surface area contributed by atoms with Gasteiger partial charge < -0.3 is 9.47 Å². The fourth-order valence-electron chi connectivity index (χ4n) is 2.44. The minimum atomic E-state index is -0.615. The van der Waals surface area contributed by atoms with E-state index in [0.717, 1.165) is 18.4 Å². The molecule has 0 fully saturated rings. The summed E-state index contributed by atoms with van der Waals surface area (Å²) in [5, 5.41) is 2.69. The number of benzene rings is 2. The number of allylic oxidation sites excluding steroid dienone is 1. The van der Waals surface area contributed by atoms with E-state index in [0.29, 0.717) is 23.4 Å². The van der Waals surface area contributed by atoms with E-state index >= 15 is 0 Å². The van der Waals surface area contributed by atoms with Gasteiger partial charge in [0.15, 0.2) is 5.78 Å². The van der Waals surface area contributed by atoms with Crippen molar-refractivity contribution in [1.29, 1.82) is 0 Å². The number of ether oxygens (including phenoxy) is 2. The molecule has 142 valence electrons. The Morgan fingerprint density at radius 1 is 1.07 bits per heavy atom. The Morgan fingerprint density at radius 3 is 2.56 bits per heavy atom. The highest BCUT2D eigenvalue weighted by atomic mass is 16.5. The molecule has 2 aromatic rings. The zero-order valence-electron chi connectivity index (χ0n) is 15.7. The molecular weight excluding hydrogens is 342 g/mol. The van der Waals surface area contributed by atoms with Crippen molar-refractivity contribution in [3.05, 3.63) is 71.8 Å². The van der Waals surface area contributed by atoms with Gasteiger partial charge in [0.25, 0.3) is 0 Å². The third-order valence-electron chi connectivity index (χ3n) is 3.91. The molecule has 0 aromatic heterocycles. The predicted octanol–water partition coefficient (Wildman–Crippen LogP) is 4.72. The Labute approximate surface area is 160 Å². The van der Waals surface area contributed by atoms with Crippen LogP contribution >= 0.6 is 0 Å². The Hall–Kier alpha value is -3.08. The molecule has 0 aliphatic heterocycles. The van der Waals surface area contributed by atoms with Crippen molar-refractivity contribution < 1.29 is 19.1 Å². The highest BCUT2D eigenvalue weighted by Crippen LogP contribution is 2.19. The summed E-state index contributed by atoms with van der Waals surface area (Å²) in [7, 11) is 1.57. The molecule has 0 heterocycles. The smallest absolute Gasteiger partial charge is 0.411 e. The monoisotopic (exact) mass is 367 g/mol. The number of carbonyl (C=O) groups excluding carboxylic acids is 2. The molecule has 2 aromatic carbocycles. The van der Waals surface area contributed by atoms with E-state index in [1.54, 1.807) is 31.4 Å². The van der Waals surface area contributed by atoms with Gasteiger partial charge in [-0.25, -0.2) is 4.79 Å². The topological polar surface area (TPSA) is 64.6 Å². The van der Waals surface area contributed by atoms with Crippen molar-refractivity contribution in [2.45, 2.75) is 32.8 Å². The fraction of sp³-hybridized carbons (Fsp3) is 0.273. The fourth-order valence-corrected chi connectivity index (χ4v) is 2.44. The second-order valence-electron chi connectivity index (χ2n) is 6.05. The van der Waals surface area contributed by atoms with Crippen LogP contribution in [0.5, 0.6) is 5.75 Å². The van der Waals surface area contributed by atoms with Crippen LogP contribution in [-0.2, 0) is 16.1 Å². The molecule has 27 heavy (non-hydrogen) atoms. The molecule has 0 aliphatic rings. The van der Waals surface area contributed by atoms with Crippen molar-refractivity contribution in [2.75, 3.05) is 7.11 Å². The van der Waals surface area contributed by atoms with Gasteiger partial charge in [0, 0.05) is 18.1 Å². The van der Waals surface area contributed by atoms with E-state index in [9.17, 15) is 9.59 Å². The maximum absolute atomic E-state index is 12.2. The summed E-state index contributed by atoms with van der Waals surface area (Å²) in [5.74, 6) is 0.594. The molecular formula is C22H25NO4. The van der Waals surface area contributed by atoms with Gasteiger partial charge in [-0.15, -0.1) is 0 Å². The number of ketones is 1. The highest BCUT2D eigenvalue weighted by molar-refractivity contribution is 5.98. The molecule has 2 rings (SSSR count). The normalized spacial score (nSPS) is 11.0. The van der Waals surface area contributed by atoms with Crippen LogP contribution in [0, 0.1) is 0 Å². The van der Waals surface area contributed by atoms with Crippen LogP contribution in [0.1, 0.15) is 37.3 Å². The molecule has 0 saturated carbocycles. The van der Waals surface area contributed by atoms with Crippen LogP contribution in [0.15, 0.2) is 60.7 Å². The zero-order chi connectivity index (χ0) is 19.5. The molecule has 0 unspecified atom stereocenters. The first-order valence-electron chi connectivity index (χ1n) is 8.99. The summed E-state index contributed by atoms with van der Waals surface area (Å²) in [5.41, 5.74) is 1.96. The maximum atomic E-state index is 12.2. The Kier molecular flexibility index (Phi) is 8.10. The van der Waals surface area contributed by atoms with Gasteiger partial charge in [-0.3, -0.25) is 10.1 Å². The van der Waals surface area contributed by atoms with E-state index in [2.05, 4.69) is 5.32 Å². The summed E-state index contributed by atoms with van der Waals surface area (Å²) in [4.78, 5) is 24.4. The maximum Gasteiger partial charge on any atom is 0.411 e. The lowest BCUT2D eigenvalue weighted by Crippen LogP contribution is -2.23. The van der Waals surface area contributed by atoms with Gasteiger partial charge >= 0.3 is 6.09 Å². The van der Waals surface area contributed by atoms with Gasteiger partial charge in [0.1, 0.15) is 12.4 Å². The largest absolute Gasteiger partial charge is 0.497 e. The summed E-state index contributed by atoms with van der Waals surface area (Å²) >= 11 is 0. The minimum absolute atomic E-state index is 0.0435. The van der Waals surface area contributed by atoms with Gasteiger partial charge in [-0.1, -0.05) is 55.8 Å². The van der Waals surface area contributed by atoms with Gasteiger partial charge in [-0.05, 0) is 24.1 Å². The number of methoxy groups -OCH3 is 1. The standard InChI is InChI=1S/C22H25NO4/c1-3-4-12-19(24)15-21(18-11-8-13-20(14-18)26-2)23-22(25)27-16-17-9-6-5-7-10-17/h5-11,13-15H,3-4,12,16H2,1-2H3,(H,23,25)/b21-15-. The first-order chi connectivity index (χ1) is 13.1. The first kappa shape index (κ1) is 20.2. The quantitative estimate of drug-likeness (QED) is 0.651. The van der Waals surface area contributed by atoms with Crippen molar-refractivity contribution in [3.8, 4) is 5.75 Å². The number of hydrogen-bond acceptors (Lipinski definition) is 4. The van der Waals surface area contributed by atoms with Crippen LogP contribution < -0.4 is 10.1 Å². The number of unbranched alkanes of at least 4 members (excludes halogenated alkanes) is 1. The number of amides is 1.